The Balaban J connectivity index is 1.92. The molecule has 1 saturated carbocycles. The van der Waals surface area contributed by atoms with E-state index in [1.807, 2.05) is 6.92 Å². The number of hydrogen-bond donors (Lipinski definition) is 1. The zero-order valence-corrected chi connectivity index (χ0v) is 11.1. The van der Waals surface area contributed by atoms with Gasteiger partial charge in [-0.25, -0.2) is 4.39 Å². The highest BCUT2D eigenvalue weighted by Crippen LogP contribution is 2.28. The van der Waals surface area contributed by atoms with Crippen LogP contribution in [0.25, 0.3) is 0 Å². The molecule has 1 N–H and O–H groups in total. The Morgan fingerprint density at radius 1 is 1.19 bits per heavy atom. The number of unbranched alkanes of at least 4 members (excludes halogenated alkanes) is 2. The molecule has 16 heavy (non-hydrogen) atoms. The third-order valence-corrected chi connectivity index (χ3v) is 3.67. The van der Waals surface area contributed by atoms with E-state index < -0.39 is 6.17 Å². The van der Waals surface area contributed by atoms with Gasteiger partial charge in [-0.1, -0.05) is 40.0 Å². The summed E-state index contributed by atoms with van der Waals surface area (Å²) in [5.41, 5.74) is 0. The first-order valence-corrected chi connectivity index (χ1v) is 6.97. The molecule has 0 heterocycles. The molecular formula is C14H28FN. The van der Waals surface area contributed by atoms with Gasteiger partial charge in [0.1, 0.15) is 6.17 Å². The number of rotatable bonds is 7. The molecule has 0 aliphatic heterocycles. The van der Waals surface area contributed by atoms with Crippen LogP contribution in [-0.2, 0) is 0 Å². The molecule has 0 bridgehead atoms. The summed E-state index contributed by atoms with van der Waals surface area (Å²) < 4.78 is 13.2. The lowest BCUT2D eigenvalue weighted by Crippen LogP contribution is -2.27. The van der Waals surface area contributed by atoms with Crippen LogP contribution in [0.4, 0.5) is 4.39 Å². The van der Waals surface area contributed by atoms with Crippen molar-refractivity contribution in [3.8, 4) is 0 Å². The van der Waals surface area contributed by atoms with E-state index in [1.165, 1.54) is 25.7 Å². The lowest BCUT2D eigenvalue weighted by molar-refractivity contribution is 0.276. The Morgan fingerprint density at radius 3 is 2.50 bits per heavy atom. The van der Waals surface area contributed by atoms with Gasteiger partial charge in [-0.15, -0.1) is 0 Å². The smallest absolute Gasteiger partial charge is 0.104 e. The molecule has 0 amide bonds. The molecule has 1 aliphatic rings. The van der Waals surface area contributed by atoms with E-state index in [9.17, 15) is 4.39 Å². The third kappa shape index (κ3) is 5.29. The monoisotopic (exact) mass is 229 g/mol. The first-order valence-electron chi connectivity index (χ1n) is 6.97. The largest absolute Gasteiger partial charge is 0.314 e. The zero-order valence-electron chi connectivity index (χ0n) is 11.1. The van der Waals surface area contributed by atoms with Gasteiger partial charge in [0.15, 0.2) is 0 Å². The Kier molecular flexibility index (Phi) is 6.33. The molecule has 0 aromatic carbocycles. The van der Waals surface area contributed by atoms with Crippen molar-refractivity contribution in [1.82, 2.24) is 5.32 Å². The van der Waals surface area contributed by atoms with Crippen LogP contribution in [0.3, 0.4) is 0 Å². The van der Waals surface area contributed by atoms with Crippen LogP contribution in [0, 0.1) is 11.8 Å². The number of alkyl halides is 1. The molecule has 0 aromatic heterocycles. The summed E-state index contributed by atoms with van der Waals surface area (Å²) in [7, 11) is 0. The SMILES string of the molecule is CC(C)CCCCCNC1CC(C)C(F)C1. The molecule has 3 atom stereocenters. The van der Waals surface area contributed by atoms with Crippen molar-refractivity contribution in [2.24, 2.45) is 11.8 Å². The van der Waals surface area contributed by atoms with Gasteiger partial charge in [0.25, 0.3) is 0 Å². The first-order chi connectivity index (χ1) is 7.59. The predicted octanol–water partition coefficient (Wildman–Crippen LogP) is 3.93. The fraction of sp³-hybridized carbons (Fsp3) is 1.00. The van der Waals surface area contributed by atoms with Gasteiger partial charge in [-0.2, -0.15) is 0 Å². The zero-order chi connectivity index (χ0) is 12.0. The number of nitrogens with one attached hydrogen (secondary N) is 1. The average molecular weight is 229 g/mol. The Labute approximate surface area is 100 Å². The van der Waals surface area contributed by atoms with Gasteiger partial charge in [0.2, 0.25) is 0 Å². The van der Waals surface area contributed by atoms with Crippen LogP contribution in [-0.4, -0.2) is 18.8 Å². The van der Waals surface area contributed by atoms with Crippen LogP contribution in [0.15, 0.2) is 0 Å². The van der Waals surface area contributed by atoms with Crippen molar-refractivity contribution in [3.63, 3.8) is 0 Å². The van der Waals surface area contributed by atoms with Crippen LogP contribution in [0.2, 0.25) is 0 Å². The Hall–Kier alpha value is -0.110. The Morgan fingerprint density at radius 2 is 1.94 bits per heavy atom. The van der Waals surface area contributed by atoms with Crippen molar-refractivity contribution < 1.29 is 4.39 Å². The molecule has 1 nitrogen and oxygen atoms in total. The van der Waals surface area contributed by atoms with E-state index in [0.717, 1.165) is 25.3 Å². The minimum Gasteiger partial charge on any atom is -0.314 e. The van der Waals surface area contributed by atoms with Gasteiger partial charge >= 0.3 is 0 Å². The van der Waals surface area contributed by atoms with Gasteiger partial charge in [0.05, 0.1) is 0 Å². The van der Waals surface area contributed by atoms with Crippen molar-refractivity contribution in [3.05, 3.63) is 0 Å². The second-order valence-electron chi connectivity index (χ2n) is 5.86. The minimum atomic E-state index is -0.571. The molecule has 2 heteroatoms. The highest BCUT2D eigenvalue weighted by Gasteiger charge is 2.30. The van der Waals surface area contributed by atoms with E-state index >= 15 is 0 Å². The first kappa shape index (κ1) is 14.0. The maximum atomic E-state index is 13.2. The topological polar surface area (TPSA) is 12.0 Å². The molecule has 0 saturated heterocycles. The lowest BCUT2D eigenvalue weighted by atomic mass is 10.1. The van der Waals surface area contributed by atoms with Gasteiger partial charge < -0.3 is 5.32 Å². The highest BCUT2D eigenvalue weighted by atomic mass is 19.1. The van der Waals surface area contributed by atoms with Crippen LogP contribution >= 0.6 is 0 Å². The third-order valence-electron chi connectivity index (χ3n) is 3.67. The predicted molar refractivity (Wildman–Crippen MR) is 68.4 cm³/mol. The fourth-order valence-corrected chi connectivity index (χ4v) is 2.52. The van der Waals surface area contributed by atoms with Gasteiger partial charge in [-0.3, -0.25) is 0 Å². The molecule has 1 rings (SSSR count). The summed E-state index contributed by atoms with van der Waals surface area (Å²) in [6.07, 6.45) is 6.42. The maximum Gasteiger partial charge on any atom is 0.104 e. The normalized spacial score (nSPS) is 30.2. The second-order valence-corrected chi connectivity index (χ2v) is 5.86. The molecule has 3 unspecified atom stereocenters. The summed E-state index contributed by atoms with van der Waals surface area (Å²) in [5, 5.41) is 3.49. The van der Waals surface area contributed by atoms with Crippen molar-refractivity contribution >= 4 is 0 Å². The maximum absolute atomic E-state index is 13.2. The average Bonchev–Trinajstić information content (AvgIpc) is 2.52. The summed E-state index contributed by atoms with van der Waals surface area (Å²) in [6, 6.07) is 0.440. The van der Waals surface area contributed by atoms with E-state index in [2.05, 4.69) is 19.2 Å². The number of halogens is 1. The summed E-state index contributed by atoms with van der Waals surface area (Å²) >= 11 is 0. The molecule has 1 fully saturated rings. The lowest BCUT2D eigenvalue weighted by Gasteiger charge is -2.11. The molecule has 0 radical (unpaired) electrons. The molecule has 0 spiro atoms. The van der Waals surface area contributed by atoms with Gasteiger partial charge in [0, 0.05) is 6.04 Å². The fourth-order valence-electron chi connectivity index (χ4n) is 2.52. The quantitative estimate of drug-likeness (QED) is 0.652. The summed E-state index contributed by atoms with van der Waals surface area (Å²) in [5.74, 6) is 1.09. The van der Waals surface area contributed by atoms with Crippen molar-refractivity contribution in [1.29, 1.82) is 0 Å². The summed E-state index contributed by atoms with van der Waals surface area (Å²) in [6.45, 7) is 7.65. The molecule has 1 aliphatic carbocycles. The van der Waals surface area contributed by atoms with Crippen molar-refractivity contribution in [2.75, 3.05) is 6.54 Å². The van der Waals surface area contributed by atoms with E-state index in [-0.39, 0.29) is 5.92 Å². The van der Waals surface area contributed by atoms with Crippen LogP contribution in [0.1, 0.15) is 59.3 Å². The van der Waals surface area contributed by atoms with Crippen molar-refractivity contribution in [2.45, 2.75) is 71.5 Å². The Bertz CT molecular complexity index is 172. The van der Waals surface area contributed by atoms with E-state index in [1.54, 1.807) is 0 Å². The van der Waals surface area contributed by atoms with Crippen LogP contribution in [0.5, 0.6) is 0 Å². The minimum absolute atomic E-state index is 0.262. The van der Waals surface area contributed by atoms with E-state index in [0.29, 0.717) is 6.04 Å². The van der Waals surface area contributed by atoms with Crippen LogP contribution < -0.4 is 5.32 Å². The standard InChI is InChI=1S/C14H28FN/c1-11(2)7-5-4-6-8-16-13-9-12(3)14(15)10-13/h11-14,16H,4-10H2,1-3H3. The van der Waals surface area contributed by atoms with Gasteiger partial charge in [-0.05, 0) is 37.6 Å². The molecule has 96 valence electrons. The highest BCUT2D eigenvalue weighted by molar-refractivity contribution is 4.85. The number of hydrogen-bond acceptors (Lipinski definition) is 1. The molecular weight excluding hydrogens is 201 g/mol. The van der Waals surface area contributed by atoms with E-state index in [4.69, 9.17) is 0 Å². The molecule has 0 aromatic rings. The second kappa shape index (κ2) is 7.26. The summed E-state index contributed by atoms with van der Waals surface area (Å²) in [4.78, 5) is 0.